The van der Waals surface area contributed by atoms with Crippen LogP contribution in [0.25, 0.3) is 0 Å². The number of carbonyl (C=O) groups is 1. The van der Waals surface area contributed by atoms with E-state index in [2.05, 4.69) is 4.98 Å². The Morgan fingerprint density at radius 1 is 1.45 bits per heavy atom. The molecule has 1 aliphatic rings. The van der Waals surface area contributed by atoms with Crippen molar-refractivity contribution in [2.24, 2.45) is 11.8 Å². The number of rotatable bonds is 4. The highest BCUT2D eigenvalue weighted by molar-refractivity contribution is 5.85. The van der Waals surface area contributed by atoms with Crippen LogP contribution in [0.2, 0.25) is 0 Å². The van der Waals surface area contributed by atoms with Crippen molar-refractivity contribution in [1.82, 2.24) is 4.98 Å². The molecule has 5 nitrogen and oxygen atoms in total. The molecule has 1 aromatic heterocycles. The van der Waals surface area contributed by atoms with Crippen LogP contribution in [0.3, 0.4) is 0 Å². The lowest BCUT2D eigenvalue weighted by Crippen LogP contribution is -2.46. The van der Waals surface area contributed by atoms with Crippen LogP contribution >= 0.6 is 0 Å². The van der Waals surface area contributed by atoms with Crippen molar-refractivity contribution in [3.05, 3.63) is 29.6 Å². The molecule has 102 valence electrons. The number of esters is 1. The van der Waals surface area contributed by atoms with Crippen LogP contribution in [-0.2, 0) is 14.9 Å². The van der Waals surface area contributed by atoms with Crippen molar-refractivity contribution in [3.63, 3.8) is 0 Å². The number of nitrogens with zero attached hydrogens (tertiary/aromatic N) is 3. The molecule has 0 spiro atoms. The zero-order valence-corrected chi connectivity index (χ0v) is 11.5. The summed E-state index contributed by atoms with van der Waals surface area (Å²) in [6, 6.07) is 7.42. The summed E-state index contributed by atoms with van der Waals surface area (Å²) < 4.78 is 4.91. The van der Waals surface area contributed by atoms with Gasteiger partial charge in [-0.1, -0.05) is 6.07 Å². The molecule has 1 atom stereocenters. The smallest absolute Gasteiger partial charge is 0.320 e. The number of carbonyl (C=O) groups excluding carboxylic acids is 1. The second-order valence-corrected chi connectivity index (χ2v) is 5.05. The Balaban J connectivity index is 2.64. The molecular weight excluding hydrogens is 254 g/mol. The molecule has 5 heteroatoms. The summed E-state index contributed by atoms with van der Waals surface area (Å²) in [6.45, 7) is 1.89. The van der Waals surface area contributed by atoms with Crippen LogP contribution in [0.15, 0.2) is 18.3 Å². The van der Waals surface area contributed by atoms with Gasteiger partial charge in [0.1, 0.15) is 5.41 Å². The lowest BCUT2D eigenvalue weighted by molar-refractivity contribution is -0.149. The molecule has 0 bridgehead atoms. The van der Waals surface area contributed by atoms with E-state index in [4.69, 9.17) is 4.74 Å². The standard InChI is InChI=1S/C15H15N3O2/c1-10-3-6-13(18-9-10)15(11-4-5-11,14(19)20-2)12(7-16)8-17/h3,6,9,11-12H,4-5H2,1-2H3/t15-/m1/s1. The number of hydrogen-bond donors (Lipinski definition) is 0. The Labute approximate surface area is 117 Å². The van der Waals surface area contributed by atoms with Gasteiger partial charge >= 0.3 is 5.97 Å². The van der Waals surface area contributed by atoms with E-state index < -0.39 is 17.3 Å². The number of pyridine rings is 1. The predicted octanol–water partition coefficient (Wildman–Crippen LogP) is 1.87. The van der Waals surface area contributed by atoms with Gasteiger partial charge in [-0.15, -0.1) is 0 Å². The Bertz CT molecular complexity index is 579. The fourth-order valence-corrected chi connectivity index (χ4v) is 2.63. The van der Waals surface area contributed by atoms with E-state index in [0.717, 1.165) is 18.4 Å². The van der Waals surface area contributed by atoms with Crippen molar-refractivity contribution >= 4 is 5.97 Å². The summed E-state index contributed by atoms with van der Waals surface area (Å²) in [4.78, 5) is 16.7. The Morgan fingerprint density at radius 2 is 2.10 bits per heavy atom. The quantitative estimate of drug-likeness (QED) is 0.779. The molecule has 0 N–H and O–H groups in total. The van der Waals surface area contributed by atoms with Gasteiger partial charge in [-0.05, 0) is 37.3 Å². The summed E-state index contributed by atoms with van der Waals surface area (Å²) in [5, 5.41) is 18.6. The van der Waals surface area contributed by atoms with Gasteiger partial charge in [-0.3, -0.25) is 9.78 Å². The number of hydrogen-bond acceptors (Lipinski definition) is 5. The third-order valence-electron chi connectivity index (χ3n) is 3.79. The van der Waals surface area contributed by atoms with E-state index in [1.165, 1.54) is 7.11 Å². The molecule has 0 aromatic carbocycles. The van der Waals surface area contributed by atoms with Crippen LogP contribution in [0, 0.1) is 41.4 Å². The first kappa shape index (κ1) is 14.0. The Hall–Kier alpha value is -2.40. The average Bonchev–Trinajstić information content (AvgIpc) is 3.30. The molecule has 0 aliphatic heterocycles. The van der Waals surface area contributed by atoms with Crippen LogP contribution in [0.4, 0.5) is 0 Å². The molecule has 0 unspecified atom stereocenters. The normalized spacial score (nSPS) is 16.9. The van der Waals surface area contributed by atoms with Gasteiger partial charge in [-0.25, -0.2) is 0 Å². The molecule has 1 heterocycles. The molecule has 0 saturated heterocycles. The molecule has 0 radical (unpaired) electrons. The molecular formula is C15H15N3O2. The average molecular weight is 269 g/mol. The number of aromatic nitrogens is 1. The number of nitriles is 2. The molecule has 1 fully saturated rings. The Kier molecular flexibility index (Phi) is 3.72. The lowest BCUT2D eigenvalue weighted by atomic mass is 9.69. The van der Waals surface area contributed by atoms with Crippen molar-refractivity contribution in [1.29, 1.82) is 10.5 Å². The fraction of sp³-hybridized carbons (Fsp3) is 0.467. The van der Waals surface area contributed by atoms with Gasteiger partial charge in [-0.2, -0.15) is 10.5 Å². The van der Waals surface area contributed by atoms with E-state index in [0.29, 0.717) is 5.69 Å². The largest absolute Gasteiger partial charge is 0.468 e. The van der Waals surface area contributed by atoms with Crippen LogP contribution < -0.4 is 0 Å². The summed E-state index contributed by atoms with van der Waals surface area (Å²) >= 11 is 0. The van der Waals surface area contributed by atoms with Gasteiger partial charge in [0, 0.05) is 6.20 Å². The molecule has 2 rings (SSSR count). The summed E-state index contributed by atoms with van der Waals surface area (Å²) in [6.07, 6.45) is 3.23. The van der Waals surface area contributed by atoms with Crippen LogP contribution in [-0.4, -0.2) is 18.1 Å². The van der Waals surface area contributed by atoms with Gasteiger partial charge in [0.05, 0.1) is 24.9 Å². The number of methoxy groups -OCH3 is 1. The predicted molar refractivity (Wildman–Crippen MR) is 70.1 cm³/mol. The fourth-order valence-electron chi connectivity index (χ4n) is 2.63. The number of ether oxygens (including phenoxy) is 1. The highest BCUT2D eigenvalue weighted by Gasteiger charge is 2.59. The second kappa shape index (κ2) is 5.30. The van der Waals surface area contributed by atoms with E-state index in [9.17, 15) is 15.3 Å². The first-order chi connectivity index (χ1) is 9.60. The maximum atomic E-state index is 12.4. The molecule has 1 aliphatic carbocycles. The van der Waals surface area contributed by atoms with Crippen molar-refractivity contribution in [2.45, 2.75) is 25.2 Å². The zero-order valence-electron chi connectivity index (χ0n) is 11.5. The number of aryl methyl sites for hydroxylation is 1. The van der Waals surface area contributed by atoms with Crippen molar-refractivity contribution < 1.29 is 9.53 Å². The van der Waals surface area contributed by atoms with Crippen molar-refractivity contribution in [2.75, 3.05) is 7.11 Å². The second-order valence-electron chi connectivity index (χ2n) is 5.05. The van der Waals surface area contributed by atoms with E-state index in [1.54, 1.807) is 12.3 Å². The molecule has 1 aromatic rings. The minimum absolute atomic E-state index is 0.0607. The minimum atomic E-state index is -1.27. The Morgan fingerprint density at radius 3 is 2.50 bits per heavy atom. The molecule has 20 heavy (non-hydrogen) atoms. The van der Waals surface area contributed by atoms with Gasteiger partial charge in [0.25, 0.3) is 0 Å². The van der Waals surface area contributed by atoms with Gasteiger partial charge in [0.15, 0.2) is 5.92 Å². The van der Waals surface area contributed by atoms with Crippen LogP contribution in [0.1, 0.15) is 24.1 Å². The van der Waals surface area contributed by atoms with Gasteiger partial charge in [0.2, 0.25) is 0 Å². The monoisotopic (exact) mass is 269 g/mol. The third-order valence-corrected chi connectivity index (χ3v) is 3.79. The minimum Gasteiger partial charge on any atom is -0.468 e. The zero-order chi connectivity index (χ0) is 14.8. The van der Waals surface area contributed by atoms with E-state index >= 15 is 0 Å². The lowest BCUT2D eigenvalue weighted by Gasteiger charge is -2.31. The first-order valence-electron chi connectivity index (χ1n) is 6.42. The molecule has 0 amide bonds. The third kappa shape index (κ3) is 2.02. The summed E-state index contributed by atoms with van der Waals surface area (Å²) in [5.41, 5.74) is 0.130. The van der Waals surface area contributed by atoms with E-state index in [-0.39, 0.29) is 5.92 Å². The maximum absolute atomic E-state index is 12.4. The summed E-state index contributed by atoms with van der Waals surface area (Å²) in [5.74, 6) is -1.71. The molecule has 1 saturated carbocycles. The summed E-state index contributed by atoms with van der Waals surface area (Å²) in [7, 11) is 1.28. The highest BCUT2D eigenvalue weighted by Crippen LogP contribution is 2.51. The van der Waals surface area contributed by atoms with Crippen LogP contribution in [0.5, 0.6) is 0 Å². The van der Waals surface area contributed by atoms with Gasteiger partial charge < -0.3 is 4.74 Å². The topological polar surface area (TPSA) is 86.8 Å². The first-order valence-corrected chi connectivity index (χ1v) is 6.42. The van der Waals surface area contributed by atoms with Crippen molar-refractivity contribution in [3.8, 4) is 12.1 Å². The SMILES string of the molecule is COC(=O)[C@@](c1ccc(C)cn1)(C(C#N)C#N)C1CC1. The van der Waals surface area contributed by atoms with E-state index in [1.807, 2.05) is 25.1 Å². The highest BCUT2D eigenvalue weighted by atomic mass is 16.5. The maximum Gasteiger partial charge on any atom is 0.320 e.